The Balaban J connectivity index is 3.29. The molecule has 0 aromatic heterocycles. The molecule has 0 aromatic carbocycles. The quantitative estimate of drug-likeness (QED) is 0.463. The molecule has 0 aromatic rings. The summed E-state index contributed by atoms with van der Waals surface area (Å²) in [4.78, 5) is 0. The molecular formula is C5H12F4Si2. The van der Waals surface area contributed by atoms with Gasteiger partial charge in [0, 0.05) is 9.52 Å². The number of halogens is 4. The zero-order chi connectivity index (χ0) is 8.85. The van der Waals surface area contributed by atoms with E-state index in [9.17, 15) is 17.6 Å². The second kappa shape index (κ2) is 5.76. The van der Waals surface area contributed by atoms with Gasteiger partial charge in [0.05, 0.1) is 0 Å². The van der Waals surface area contributed by atoms with E-state index in [4.69, 9.17) is 0 Å². The minimum atomic E-state index is -2.28. The molecule has 0 amide bonds. The lowest BCUT2D eigenvalue weighted by Crippen LogP contribution is -2.16. The lowest BCUT2D eigenvalue weighted by molar-refractivity contribution is 0.171. The number of hydrogen-bond acceptors (Lipinski definition) is 0. The molecule has 6 heteroatoms. The first kappa shape index (κ1) is 11.2. The van der Waals surface area contributed by atoms with Crippen molar-refractivity contribution in [1.29, 1.82) is 0 Å². The fraction of sp³-hybridized carbons (Fsp3) is 1.00. The van der Waals surface area contributed by atoms with Crippen molar-refractivity contribution in [2.45, 2.75) is 30.6 Å². The van der Waals surface area contributed by atoms with Gasteiger partial charge in [0.1, 0.15) is 9.52 Å². The van der Waals surface area contributed by atoms with Crippen LogP contribution in [0.3, 0.4) is 0 Å². The third kappa shape index (κ3) is 8.06. The van der Waals surface area contributed by atoms with Gasteiger partial charge in [0.15, 0.2) is 0 Å². The highest BCUT2D eigenvalue weighted by Crippen LogP contribution is 2.09. The van der Waals surface area contributed by atoms with Crippen molar-refractivity contribution in [2.75, 3.05) is 0 Å². The Hall–Kier alpha value is 0.154. The maximum atomic E-state index is 11.7. The second-order valence-corrected chi connectivity index (χ2v) is 8.89. The normalized spacial score (nSPS) is 16.6. The van der Waals surface area contributed by atoms with Gasteiger partial charge in [0.25, 0.3) is 0 Å². The molecule has 0 aliphatic heterocycles. The summed E-state index contributed by atoms with van der Waals surface area (Å²) in [5.74, 6) is 0. The van der Waals surface area contributed by atoms with Crippen molar-refractivity contribution in [3.8, 4) is 0 Å². The van der Waals surface area contributed by atoms with Crippen LogP contribution in [0, 0.1) is 0 Å². The molecule has 0 radical (unpaired) electrons. The molecule has 0 aliphatic rings. The maximum Gasteiger partial charge on any atom is 0.235 e. The van der Waals surface area contributed by atoms with Crippen LogP contribution in [0.1, 0.15) is 6.92 Å². The van der Waals surface area contributed by atoms with E-state index in [0.717, 1.165) is 0 Å². The summed E-state index contributed by atoms with van der Waals surface area (Å²) in [6.45, 7) is 1.69. The van der Waals surface area contributed by atoms with Crippen LogP contribution in [0.25, 0.3) is 0 Å². The molecule has 11 heavy (non-hydrogen) atoms. The standard InChI is InChI=1S/C5H12F4Si2/c1-3(11-5(8)9)10-2-4(6)7/h3-5H,2,10-11H2,1H3. The number of hydrogen-bond donors (Lipinski definition) is 0. The highest BCUT2D eigenvalue weighted by molar-refractivity contribution is 6.59. The van der Waals surface area contributed by atoms with E-state index in [-0.39, 0.29) is 11.2 Å². The van der Waals surface area contributed by atoms with Crippen LogP contribution in [0.4, 0.5) is 17.6 Å². The minimum Gasteiger partial charge on any atom is -0.216 e. The summed E-state index contributed by atoms with van der Waals surface area (Å²) in [7, 11) is -2.30. The molecule has 0 rings (SSSR count). The van der Waals surface area contributed by atoms with E-state index in [1.165, 1.54) is 0 Å². The Labute approximate surface area is 68.0 Å². The Morgan fingerprint density at radius 3 is 2.09 bits per heavy atom. The molecule has 0 spiro atoms. The zero-order valence-corrected chi connectivity index (χ0v) is 9.19. The Morgan fingerprint density at radius 1 is 1.18 bits per heavy atom. The summed E-state index contributed by atoms with van der Waals surface area (Å²) >= 11 is 0. The molecule has 1 unspecified atom stereocenters. The van der Waals surface area contributed by atoms with Crippen LogP contribution < -0.4 is 0 Å². The Morgan fingerprint density at radius 2 is 1.73 bits per heavy atom. The zero-order valence-electron chi connectivity index (χ0n) is 6.37. The third-order valence-corrected chi connectivity index (χ3v) is 6.60. The molecule has 0 nitrogen and oxygen atoms in total. The Bertz CT molecular complexity index is 98.5. The van der Waals surface area contributed by atoms with Crippen LogP contribution >= 0.6 is 0 Å². The van der Waals surface area contributed by atoms with Gasteiger partial charge in [-0.3, -0.25) is 0 Å². The van der Waals surface area contributed by atoms with Crippen molar-refractivity contribution in [2.24, 2.45) is 0 Å². The van der Waals surface area contributed by atoms with Gasteiger partial charge in [-0.2, -0.15) is 0 Å². The largest absolute Gasteiger partial charge is 0.235 e. The fourth-order valence-electron chi connectivity index (χ4n) is 0.833. The van der Waals surface area contributed by atoms with Gasteiger partial charge in [-0.25, -0.2) is 17.6 Å². The molecule has 0 fully saturated rings. The van der Waals surface area contributed by atoms with E-state index in [2.05, 4.69) is 0 Å². The van der Waals surface area contributed by atoms with Gasteiger partial charge >= 0.3 is 0 Å². The molecule has 0 saturated heterocycles. The molecule has 0 heterocycles. The first-order valence-electron chi connectivity index (χ1n) is 3.58. The molecular weight excluding hydrogens is 192 g/mol. The van der Waals surface area contributed by atoms with Crippen molar-refractivity contribution in [1.82, 2.24) is 0 Å². The van der Waals surface area contributed by atoms with Crippen molar-refractivity contribution in [3.05, 3.63) is 0 Å². The summed E-state index contributed by atoms with van der Waals surface area (Å²) in [6, 6.07) is -2.30. The van der Waals surface area contributed by atoms with E-state index in [0.29, 0.717) is 0 Å². The minimum absolute atomic E-state index is 0.0241. The van der Waals surface area contributed by atoms with Gasteiger partial charge in [-0.1, -0.05) is 12.1 Å². The van der Waals surface area contributed by atoms with Crippen LogP contribution in [0.15, 0.2) is 0 Å². The van der Waals surface area contributed by atoms with Crippen LogP contribution in [-0.4, -0.2) is 31.5 Å². The predicted octanol–water partition coefficient (Wildman–Crippen LogP) is 0.996. The highest BCUT2D eigenvalue weighted by Gasteiger charge is 2.13. The number of rotatable bonds is 5. The number of alkyl halides is 4. The summed E-state index contributed by atoms with van der Waals surface area (Å²) in [5, 5.41) is -0.0241. The topological polar surface area (TPSA) is 0 Å². The lowest BCUT2D eigenvalue weighted by atomic mass is 10.8. The van der Waals surface area contributed by atoms with Crippen LogP contribution in [0.5, 0.6) is 0 Å². The average molecular weight is 204 g/mol. The summed E-state index contributed by atoms with van der Waals surface area (Å²) < 4.78 is 46.6. The van der Waals surface area contributed by atoms with Crippen LogP contribution in [-0.2, 0) is 0 Å². The van der Waals surface area contributed by atoms with E-state index in [1.807, 2.05) is 0 Å². The Kier molecular flexibility index (Phi) is 5.84. The fourth-order valence-corrected chi connectivity index (χ4v) is 4.67. The van der Waals surface area contributed by atoms with Gasteiger partial charge in [0.2, 0.25) is 12.5 Å². The molecule has 0 aliphatic carbocycles. The maximum absolute atomic E-state index is 11.7. The molecule has 68 valence electrons. The molecule has 0 bridgehead atoms. The lowest BCUT2D eigenvalue weighted by Gasteiger charge is -2.07. The molecule has 1 atom stereocenters. The first-order chi connectivity index (χ1) is 5.02. The summed E-state index contributed by atoms with van der Waals surface area (Å²) in [6.07, 6.45) is -2.28. The monoisotopic (exact) mass is 204 g/mol. The van der Waals surface area contributed by atoms with E-state index < -0.39 is 31.5 Å². The van der Waals surface area contributed by atoms with Crippen molar-refractivity contribution >= 4 is 19.0 Å². The van der Waals surface area contributed by atoms with E-state index >= 15 is 0 Å². The third-order valence-electron chi connectivity index (χ3n) is 1.46. The van der Waals surface area contributed by atoms with Crippen LogP contribution in [0.2, 0.25) is 11.2 Å². The highest BCUT2D eigenvalue weighted by atomic mass is 28.3. The predicted molar refractivity (Wildman–Crippen MR) is 43.3 cm³/mol. The van der Waals surface area contributed by atoms with Crippen molar-refractivity contribution < 1.29 is 17.6 Å². The smallest absolute Gasteiger partial charge is 0.216 e. The average Bonchev–Trinajstić information content (AvgIpc) is 1.82. The second-order valence-electron chi connectivity index (χ2n) is 2.70. The molecule has 0 N–H and O–H groups in total. The van der Waals surface area contributed by atoms with Gasteiger partial charge < -0.3 is 0 Å². The summed E-state index contributed by atoms with van der Waals surface area (Å²) in [5.41, 5.74) is 0. The van der Waals surface area contributed by atoms with Gasteiger partial charge in [-0.15, -0.1) is 0 Å². The SMILES string of the molecule is CC([SiH2]CC(F)F)[SiH2]C(F)F. The van der Waals surface area contributed by atoms with Gasteiger partial charge in [-0.05, 0) is 6.04 Å². The van der Waals surface area contributed by atoms with Crippen molar-refractivity contribution in [3.63, 3.8) is 0 Å². The van der Waals surface area contributed by atoms with E-state index in [1.54, 1.807) is 6.92 Å². The molecule has 0 saturated carbocycles. The first-order valence-corrected chi connectivity index (χ1v) is 7.03.